The summed E-state index contributed by atoms with van der Waals surface area (Å²) in [6, 6.07) is 8.35. The standard InChI is InChI=1S/C13H19FN2/c1-11-3-2-4-12(9-11)16-7-5-13(14,10-15)6-8-16/h2-4,9H,5-8,10,15H2,1H3. The van der Waals surface area contributed by atoms with Crippen LogP contribution in [0.25, 0.3) is 0 Å². The van der Waals surface area contributed by atoms with E-state index in [0.717, 1.165) is 13.1 Å². The Morgan fingerprint density at radius 1 is 1.38 bits per heavy atom. The largest absolute Gasteiger partial charge is 0.371 e. The summed E-state index contributed by atoms with van der Waals surface area (Å²) in [5.74, 6) is 0. The molecule has 1 fully saturated rings. The molecule has 1 aromatic carbocycles. The monoisotopic (exact) mass is 222 g/mol. The van der Waals surface area contributed by atoms with Crippen LogP contribution < -0.4 is 10.6 Å². The molecule has 1 heterocycles. The topological polar surface area (TPSA) is 29.3 Å². The first-order valence-corrected chi connectivity index (χ1v) is 5.84. The molecule has 2 rings (SSSR count). The van der Waals surface area contributed by atoms with Crippen LogP contribution in [-0.4, -0.2) is 25.3 Å². The van der Waals surface area contributed by atoms with E-state index in [1.54, 1.807) is 0 Å². The molecule has 1 saturated heterocycles. The second kappa shape index (κ2) is 4.42. The van der Waals surface area contributed by atoms with E-state index in [1.165, 1.54) is 11.3 Å². The van der Waals surface area contributed by atoms with E-state index < -0.39 is 5.67 Å². The summed E-state index contributed by atoms with van der Waals surface area (Å²) in [4.78, 5) is 2.24. The van der Waals surface area contributed by atoms with Gasteiger partial charge in [0.25, 0.3) is 0 Å². The zero-order valence-electron chi connectivity index (χ0n) is 9.75. The van der Waals surface area contributed by atoms with E-state index in [-0.39, 0.29) is 6.54 Å². The summed E-state index contributed by atoms with van der Waals surface area (Å²) in [6.07, 6.45) is 1.08. The first-order chi connectivity index (χ1) is 7.63. The summed E-state index contributed by atoms with van der Waals surface area (Å²) in [7, 11) is 0. The molecule has 0 aromatic heterocycles. The highest BCUT2D eigenvalue weighted by Crippen LogP contribution is 2.28. The van der Waals surface area contributed by atoms with Crippen molar-refractivity contribution in [2.24, 2.45) is 5.73 Å². The van der Waals surface area contributed by atoms with Gasteiger partial charge >= 0.3 is 0 Å². The number of halogens is 1. The summed E-state index contributed by atoms with van der Waals surface area (Å²) < 4.78 is 13.9. The number of alkyl halides is 1. The molecule has 0 atom stereocenters. The van der Waals surface area contributed by atoms with Crippen LogP contribution in [0.4, 0.5) is 10.1 Å². The van der Waals surface area contributed by atoms with E-state index in [1.807, 2.05) is 6.07 Å². The molecule has 0 saturated carbocycles. The number of aryl methyl sites for hydroxylation is 1. The number of rotatable bonds is 2. The summed E-state index contributed by atoms with van der Waals surface area (Å²) in [5.41, 5.74) is 6.75. The van der Waals surface area contributed by atoms with E-state index in [2.05, 4.69) is 30.0 Å². The van der Waals surface area contributed by atoms with Gasteiger partial charge in [0.15, 0.2) is 0 Å². The fourth-order valence-electron chi connectivity index (χ4n) is 2.19. The Kier molecular flexibility index (Phi) is 3.15. The number of piperidine rings is 1. The van der Waals surface area contributed by atoms with Gasteiger partial charge in [0, 0.05) is 38.2 Å². The molecule has 0 aliphatic carbocycles. The number of hydrogen-bond acceptors (Lipinski definition) is 2. The van der Waals surface area contributed by atoms with Crippen LogP contribution in [0.15, 0.2) is 24.3 Å². The zero-order chi connectivity index (χ0) is 11.6. The minimum atomic E-state index is -1.14. The molecule has 88 valence electrons. The molecule has 0 radical (unpaired) electrons. The minimum absolute atomic E-state index is 0.147. The van der Waals surface area contributed by atoms with Gasteiger partial charge < -0.3 is 10.6 Å². The Bertz CT molecular complexity index is 357. The lowest BCUT2D eigenvalue weighted by Crippen LogP contribution is -2.45. The highest BCUT2D eigenvalue weighted by molar-refractivity contribution is 5.48. The maximum atomic E-state index is 13.9. The summed E-state index contributed by atoms with van der Waals surface area (Å²) >= 11 is 0. The van der Waals surface area contributed by atoms with Crippen molar-refractivity contribution in [3.05, 3.63) is 29.8 Å². The van der Waals surface area contributed by atoms with Crippen molar-refractivity contribution in [1.82, 2.24) is 0 Å². The van der Waals surface area contributed by atoms with E-state index >= 15 is 0 Å². The van der Waals surface area contributed by atoms with Crippen LogP contribution in [0.3, 0.4) is 0 Å². The van der Waals surface area contributed by atoms with Crippen LogP contribution in [0, 0.1) is 6.92 Å². The lowest BCUT2D eigenvalue weighted by molar-refractivity contribution is 0.135. The number of benzene rings is 1. The fourth-order valence-corrected chi connectivity index (χ4v) is 2.19. The zero-order valence-corrected chi connectivity index (χ0v) is 9.75. The molecule has 2 N–H and O–H groups in total. The highest BCUT2D eigenvalue weighted by Gasteiger charge is 2.32. The molecular formula is C13H19FN2. The van der Waals surface area contributed by atoms with Crippen LogP contribution >= 0.6 is 0 Å². The Morgan fingerprint density at radius 3 is 2.62 bits per heavy atom. The predicted molar refractivity (Wildman–Crippen MR) is 65.5 cm³/mol. The van der Waals surface area contributed by atoms with Gasteiger partial charge in [0.05, 0.1) is 0 Å². The van der Waals surface area contributed by atoms with Crippen molar-refractivity contribution >= 4 is 5.69 Å². The smallest absolute Gasteiger partial charge is 0.126 e. The minimum Gasteiger partial charge on any atom is -0.371 e. The van der Waals surface area contributed by atoms with Crippen LogP contribution in [0.5, 0.6) is 0 Å². The Labute approximate surface area is 96.2 Å². The van der Waals surface area contributed by atoms with Crippen molar-refractivity contribution in [2.45, 2.75) is 25.4 Å². The number of nitrogens with two attached hydrogens (primary N) is 1. The van der Waals surface area contributed by atoms with Crippen LogP contribution in [-0.2, 0) is 0 Å². The molecule has 0 amide bonds. The second-order valence-electron chi connectivity index (χ2n) is 4.68. The van der Waals surface area contributed by atoms with E-state index in [9.17, 15) is 4.39 Å². The lowest BCUT2D eigenvalue weighted by Gasteiger charge is -2.37. The van der Waals surface area contributed by atoms with E-state index in [4.69, 9.17) is 5.73 Å². The molecule has 3 heteroatoms. The Morgan fingerprint density at radius 2 is 2.06 bits per heavy atom. The van der Waals surface area contributed by atoms with Gasteiger partial charge in [-0.2, -0.15) is 0 Å². The van der Waals surface area contributed by atoms with Gasteiger partial charge in [-0.1, -0.05) is 12.1 Å². The third kappa shape index (κ3) is 2.35. The van der Waals surface area contributed by atoms with Gasteiger partial charge in [-0.3, -0.25) is 0 Å². The molecule has 2 nitrogen and oxygen atoms in total. The molecule has 0 bridgehead atoms. The van der Waals surface area contributed by atoms with Crippen molar-refractivity contribution in [3.63, 3.8) is 0 Å². The molecule has 1 aliphatic heterocycles. The molecule has 16 heavy (non-hydrogen) atoms. The average Bonchev–Trinajstić information content (AvgIpc) is 2.30. The molecule has 0 unspecified atom stereocenters. The van der Waals surface area contributed by atoms with Crippen LogP contribution in [0.2, 0.25) is 0 Å². The van der Waals surface area contributed by atoms with Gasteiger partial charge in [-0.25, -0.2) is 4.39 Å². The molecule has 1 aliphatic rings. The number of anilines is 1. The summed E-state index contributed by atoms with van der Waals surface area (Å²) in [6.45, 7) is 3.75. The van der Waals surface area contributed by atoms with Crippen molar-refractivity contribution in [3.8, 4) is 0 Å². The normalized spacial score (nSPS) is 19.8. The van der Waals surface area contributed by atoms with Gasteiger partial charge in [0.2, 0.25) is 0 Å². The van der Waals surface area contributed by atoms with E-state index in [0.29, 0.717) is 12.8 Å². The van der Waals surface area contributed by atoms with Gasteiger partial charge in [-0.15, -0.1) is 0 Å². The van der Waals surface area contributed by atoms with Crippen molar-refractivity contribution < 1.29 is 4.39 Å². The van der Waals surface area contributed by atoms with Crippen molar-refractivity contribution in [1.29, 1.82) is 0 Å². The molecule has 1 aromatic rings. The number of hydrogen-bond donors (Lipinski definition) is 1. The Hall–Kier alpha value is -1.09. The predicted octanol–water partition coefficient (Wildman–Crippen LogP) is 2.26. The van der Waals surface area contributed by atoms with Gasteiger partial charge in [-0.05, 0) is 24.6 Å². The SMILES string of the molecule is Cc1cccc(N2CCC(F)(CN)CC2)c1. The maximum absolute atomic E-state index is 13.9. The number of nitrogens with zero attached hydrogens (tertiary/aromatic N) is 1. The average molecular weight is 222 g/mol. The highest BCUT2D eigenvalue weighted by atomic mass is 19.1. The fraction of sp³-hybridized carbons (Fsp3) is 0.538. The van der Waals surface area contributed by atoms with Gasteiger partial charge in [0.1, 0.15) is 5.67 Å². The first kappa shape index (κ1) is 11.4. The second-order valence-corrected chi connectivity index (χ2v) is 4.68. The Balaban J connectivity index is 2.04. The first-order valence-electron chi connectivity index (χ1n) is 5.84. The maximum Gasteiger partial charge on any atom is 0.126 e. The third-order valence-corrected chi connectivity index (χ3v) is 3.39. The molecular weight excluding hydrogens is 203 g/mol. The third-order valence-electron chi connectivity index (χ3n) is 3.39. The van der Waals surface area contributed by atoms with Crippen molar-refractivity contribution in [2.75, 3.05) is 24.5 Å². The summed E-state index contributed by atoms with van der Waals surface area (Å²) in [5, 5.41) is 0. The molecule has 0 spiro atoms. The lowest BCUT2D eigenvalue weighted by atomic mass is 9.93. The quantitative estimate of drug-likeness (QED) is 0.831. The van der Waals surface area contributed by atoms with Crippen LogP contribution in [0.1, 0.15) is 18.4 Å².